The van der Waals surface area contributed by atoms with Crippen molar-refractivity contribution >= 4 is 29.8 Å². The number of rotatable bonds is 12. The molecule has 0 saturated carbocycles. The molecule has 4 N–H and O–H groups in total. The molecular formula is C20H27N3O8. The molecular weight excluding hydrogens is 410 g/mol. The molecule has 11 heteroatoms. The number of carboxylic acids is 1. The van der Waals surface area contributed by atoms with Crippen LogP contribution < -0.4 is 16.0 Å². The Kier molecular flexibility index (Phi) is 11.1. The Morgan fingerprint density at radius 3 is 2.29 bits per heavy atom. The summed E-state index contributed by atoms with van der Waals surface area (Å²) in [7, 11) is 0. The summed E-state index contributed by atoms with van der Waals surface area (Å²) in [5, 5.41) is 15.6. The summed E-state index contributed by atoms with van der Waals surface area (Å²) < 4.78 is 9.82. The predicted octanol–water partition coefficient (Wildman–Crippen LogP) is 0.330. The molecule has 0 heterocycles. The number of aliphatic carboxylic acids is 1. The lowest BCUT2D eigenvalue weighted by Crippen LogP contribution is -2.53. The van der Waals surface area contributed by atoms with Crippen LogP contribution in [0.2, 0.25) is 0 Å². The first-order valence-electron chi connectivity index (χ1n) is 9.65. The van der Waals surface area contributed by atoms with E-state index in [1.165, 1.54) is 6.92 Å². The molecule has 0 radical (unpaired) electrons. The Morgan fingerprint density at radius 1 is 1.00 bits per heavy atom. The van der Waals surface area contributed by atoms with E-state index in [1.54, 1.807) is 31.2 Å². The summed E-state index contributed by atoms with van der Waals surface area (Å²) in [4.78, 5) is 58.7. The lowest BCUT2D eigenvalue weighted by atomic mass is 10.1. The molecule has 2 atom stereocenters. The number of alkyl carbamates (subject to hydrolysis) is 1. The number of hydrogen-bond acceptors (Lipinski definition) is 7. The number of benzene rings is 1. The van der Waals surface area contributed by atoms with Crippen LogP contribution in [0.4, 0.5) is 4.79 Å². The van der Waals surface area contributed by atoms with Crippen molar-refractivity contribution in [2.24, 2.45) is 0 Å². The van der Waals surface area contributed by atoms with Crippen LogP contribution in [0.3, 0.4) is 0 Å². The number of hydrogen-bond donors (Lipinski definition) is 4. The molecule has 3 amide bonds. The van der Waals surface area contributed by atoms with Crippen molar-refractivity contribution < 1.29 is 38.6 Å². The highest BCUT2D eigenvalue weighted by Crippen LogP contribution is 2.03. The second-order valence-electron chi connectivity index (χ2n) is 6.44. The maximum Gasteiger partial charge on any atom is 0.408 e. The number of carbonyl (C=O) groups excluding carboxylic acids is 4. The van der Waals surface area contributed by atoms with E-state index in [4.69, 9.17) is 14.6 Å². The van der Waals surface area contributed by atoms with E-state index in [1.807, 2.05) is 6.07 Å². The third-order valence-electron chi connectivity index (χ3n) is 3.93. The normalized spacial score (nSPS) is 12.1. The summed E-state index contributed by atoms with van der Waals surface area (Å²) in [6.07, 6.45) is -1.11. The van der Waals surface area contributed by atoms with Crippen molar-refractivity contribution in [3.05, 3.63) is 35.9 Å². The molecule has 1 aromatic carbocycles. The van der Waals surface area contributed by atoms with Gasteiger partial charge in [0.2, 0.25) is 11.8 Å². The van der Waals surface area contributed by atoms with E-state index >= 15 is 0 Å². The average Bonchev–Trinajstić information content (AvgIpc) is 2.74. The molecule has 0 aliphatic carbocycles. The summed E-state index contributed by atoms with van der Waals surface area (Å²) in [5.74, 6) is -3.32. The summed E-state index contributed by atoms with van der Waals surface area (Å²) >= 11 is 0. The van der Waals surface area contributed by atoms with Crippen molar-refractivity contribution in [2.75, 3.05) is 13.2 Å². The summed E-state index contributed by atoms with van der Waals surface area (Å²) in [5.41, 5.74) is 0.767. The van der Waals surface area contributed by atoms with Gasteiger partial charge in [0, 0.05) is 6.42 Å². The smallest absolute Gasteiger partial charge is 0.408 e. The van der Waals surface area contributed by atoms with Crippen LogP contribution in [0, 0.1) is 0 Å². The first-order chi connectivity index (χ1) is 14.7. The first kappa shape index (κ1) is 25.4. The number of carbonyl (C=O) groups is 5. The van der Waals surface area contributed by atoms with E-state index in [2.05, 4.69) is 16.0 Å². The average molecular weight is 437 g/mol. The quantitative estimate of drug-likeness (QED) is 0.340. The number of nitrogens with one attached hydrogen (secondary N) is 3. The van der Waals surface area contributed by atoms with Crippen molar-refractivity contribution in [1.82, 2.24) is 16.0 Å². The fourth-order valence-electron chi connectivity index (χ4n) is 2.35. The van der Waals surface area contributed by atoms with Gasteiger partial charge >= 0.3 is 18.0 Å². The maximum atomic E-state index is 12.4. The van der Waals surface area contributed by atoms with Gasteiger partial charge in [-0.15, -0.1) is 0 Å². The molecule has 1 aromatic rings. The van der Waals surface area contributed by atoms with Crippen LogP contribution in [0.25, 0.3) is 0 Å². The molecule has 170 valence electrons. The zero-order chi connectivity index (χ0) is 23.2. The van der Waals surface area contributed by atoms with Crippen LogP contribution in [0.1, 0.15) is 32.3 Å². The lowest BCUT2D eigenvalue weighted by Gasteiger charge is -2.20. The van der Waals surface area contributed by atoms with Gasteiger partial charge in [0.05, 0.1) is 6.61 Å². The van der Waals surface area contributed by atoms with Crippen molar-refractivity contribution in [2.45, 2.75) is 45.4 Å². The maximum absolute atomic E-state index is 12.4. The van der Waals surface area contributed by atoms with Gasteiger partial charge < -0.3 is 30.5 Å². The molecule has 1 rings (SSSR count). The molecule has 0 saturated heterocycles. The zero-order valence-electron chi connectivity index (χ0n) is 17.4. The van der Waals surface area contributed by atoms with Gasteiger partial charge in [-0.25, -0.2) is 4.79 Å². The van der Waals surface area contributed by atoms with E-state index in [-0.39, 0.29) is 26.1 Å². The second-order valence-corrected chi connectivity index (χ2v) is 6.44. The monoisotopic (exact) mass is 437 g/mol. The topological polar surface area (TPSA) is 160 Å². The van der Waals surface area contributed by atoms with Gasteiger partial charge in [-0.1, -0.05) is 30.3 Å². The van der Waals surface area contributed by atoms with Gasteiger partial charge in [-0.2, -0.15) is 0 Å². The highest BCUT2D eigenvalue weighted by molar-refractivity contribution is 5.92. The number of esters is 1. The highest BCUT2D eigenvalue weighted by atomic mass is 16.5. The van der Waals surface area contributed by atoms with Crippen LogP contribution in [-0.2, 0) is 35.3 Å². The standard InChI is InChI=1S/C20H27N3O8/c1-3-30-17(26)10-9-15(19(28)21-11-16(24)25)23-18(27)13(2)22-20(29)31-12-14-7-5-4-6-8-14/h4-8,13,15H,3,9-12H2,1-2H3,(H,21,28)(H,22,29)(H,23,27)(H,24,25). The third kappa shape index (κ3) is 10.6. The molecule has 0 aliphatic rings. The molecule has 0 aromatic heterocycles. The lowest BCUT2D eigenvalue weighted by molar-refractivity contribution is -0.144. The van der Waals surface area contributed by atoms with E-state index in [0.29, 0.717) is 0 Å². The molecule has 11 nitrogen and oxygen atoms in total. The van der Waals surface area contributed by atoms with Crippen molar-refractivity contribution in [3.63, 3.8) is 0 Å². The Hall–Kier alpha value is -3.63. The fraction of sp³-hybridized carbons (Fsp3) is 0.450. The summed E-state index contributed by atoms with van der Waals surface area (Å²) in [6, 6.07) is 6.69. The molecule has 0 aliphatic heterocycles. The van der Waals surface area contributed by atoms with Gasteiger partial charge in [-0.05, 0) is 25.8 Å². The SMILES string of the molecule is CCOC(=O)CCC(NC(=O)C(C)NC(=O)OCc1ccccc1)C(=O)NCC(=O)O. The molecule has 0 fully saturated rings. The largest absolute Gasteiger partial charge is 0.480 e. The number of ether oxygens (including phenoxy) is 2. The van der Waals surface area contributed by atoms with Crippen molar-refractivity contribution in [1.29, 1.82) is 0 Å². The van der Waals surface area contributed by atoms with Crippen LogP contribution >= 0.6 is 0 Å². The third-order valence-corrected chi connectivity index (χ3v) is 3.93. The van der Waals surface area contributed by atoms with E-state index in [9.17, 15) is 24.0 Å². The number of amides is 3. The molecule has 0 bridgehead atoms. The fourth-order valence-corrected chi connectivity index (χ4v) is 2.35. The van der Waals surface area contributed by atoms with E-state index in [0.717, 1.165) is 5.56 Å². The molecule has 31 heavy (non-hydrogen) atoms. The highest BCUT2D eigenvalue weighted by Gasteiger charge is 2.25. The Morgan fingerprint density at radius 2 is 1.68 bits per heavy atom. The van der Waals surface area contributed by atoms with Gasteiger partial charge in [0.1, 0.15) is 25.2 Å². The van der Waals surface area contributed by atoms with Crippen LogP contribution in [0.15, 0.2) is 30.3 Å². The van der Waals surface area contributed by atoms with E-state index < -0.39 is 48.5 Å². The van der Waals surface area contributed by atoms with Gasteiger partial charge in [0.15, 0.2) is 0 Å². The minimum atomic E-state index is -1.26. The van der Waals surface area contributed by atoms with Gasteiger partial charge in [0.25, 0.3) is 0 Å². The first-order valence-corrected chi connectivity index (χ1v) is 9.65. The number of carboxylic acid groups (broad SMARTS) is 1. The minimum absolute atomic E-state index is 0.0147. The van der Waals surface area contributed by atoms with Crippen LogP contribution in [-0.4, -0.2) is 60.2 Å². The summed E-state index contributed by atoms with van der Waals surface area (Å²) in [6.45, 7) is 2.54. The Balaban J connectivity index is 2.60. The molecule has 0 spiro atoms. The second kappa shape index (κ2) is 13.6. The predicted molar refractivity (Wildman–Crippen MR) is 108 cm³/mol. The van der Waals surface area contributed by atoms with Gasteiger partial charge in [-0.3, -0.25) is 19.2 Å². The minimum Gasteiger partial charge on any atom is -0.480 e. The zero-order valence-corrected chi connectivity index (χ0v) is 17.4. The van der Waals surface area contributed by atoms with Crippen LogP contribution in [0.5, 0.6) is 0 Å². The molecule has 2 unspecified atom stereocenters. The Labute approximate surface area is 179 Å². The Bertz CT molecular complexity index is 769. The van der Waals surface area contributed by atoms with Crippen molar-refractivity contribution in [3.8, 4) is 0 Å².